The van der Waals surface area contributed by atoms with Gasteiger partial charge in [-0.2, -0.15) is 0 Å². The third-order valence-corrected chi connectivity index (χ3v) is 3.94. The molecule has 3 amide bonds. The Kier molecular flexibility index (Phi) is 8.85. The number of rotatable bonds is 5. The average molecular weight is 329 g/mol. The predicted octanol–water partition coefficient (Wildman–Crippen LogP) is 1.14. The minimum Gasteiger partial charge on any atom is -0.370 e. The van der Waals surface area contributed by atoms with E-state index >= 15 is 0 Å². The van der Waals surface area contributed by atoms with Gasteiger partial charge in [0, 0.05) is 13.5 Å². The molecular weight excluding hydrogens is 306 g/mol. The first-order valence-electron chi connectivity index (χ1n) is 6.88. The van der Waals surface area contributed by atoms with Crippen molar-refractivity contribution in [2.24, 2.45) is 5.73 Å². The molecule has 1 aromatic rings. The van der Waals surface area contributed by atoms with Crippen LogP contribution in [0.3, 0.4) is 0 Å². The first-order valence-corrected chi connectivity index (χ1v) is 8.36. The molecular formula is C14H23N3O4S. The summed E-state index contributed by atoms with van der Waals surface area (Å²) in [7, 11) is -2.41. The van der Waals surface area contributed by atoms with Gasteiger partial charge in [0.25, 0.3) is 10.0 Å². The second-order valence-corrected chi connectivity index (χ2v) is 6.08. The van der Waals surface area contributed by atoms with Crippen molar-refractivity contribution in [3.05, 3.63) is 29.8 Å². The van der Waals surface area contributed by atoms with Crippen molar-refractivity contribution < 1.29 is 18.0 Å². The molecule has 0 atom stereocenters. The largest absolute Gasteiger partial charge is 0.370 e. The molecule has 0 fully saturated rings. The minimum atomic E-state index is -3.76. The molecule has 8 heteroatoms. The first-order chi connectivity index (χ1) is 10.3. The summed E-state index contributed by atoms with van der Waals surface area (Å²) in [6.45, 7) is 3.90. The summed E-state index contributed by atoms with van der Waals surface area (Å²) in [5.74, 6) is -0.211. The monoisotopic (exact) mass is 329 g/mol. The van der Waals surface area contributed by atoms with Crippen molar-refractivity contribution in [2.75, 3.05) is 7.05 Å². The van der Waals surface area contributed by atoms with E-state index in [-0.39, 0.29) is 10.8 Å². The number of hydrogen-bond donors (Lipinski definition) is 3. The van der Waals surface area contributed by atoms with Crippen molar-refractivity contribution in [3.8, 4) is 0 Å². The molecule has 1 rings (SSSR count). The fourth-order valence-corrected chi connectivity index (χ4v) is 2.34. The van der Waals surface area contributed by atoms with Crippen LogP contribution < -0.4 is 15.8 Å². The van der Waals surface area contributed by atoms with Gasteiger partial charge in [0.2, 0.25) is 5.91 Å². The molecule has 0 heterocycles. The maximum atomic E-state index is 11.6. The summed E-state index contributed by atoms with van der Waals surface area (Å²) >= 11 is 0. The second kappa shape index (κ2) is 9.78. The highest BCUT2D eigenvalue weighted by atomic mass is 32.2. The molecule has 0 aliphatic rings. The number of amides is 3. The number of nitrogens with one attached hydrogen (secondary N) is 2. The SMILES string of the molecule is CCCC(N)=O.CCc1ccc(S(=O)(=O)NC(=O)NC)cc1. The van der Waals surface area contributed by atoms with E-state index in [0.717, 1.165) is 18.4 Å². The summed E-state index contributed by atoms with van der Waals surface area (Å²) in [6, 6.07) is 5.64. The topological polar surface area (TPSA) is 118 Å². The number of nitrogens with two attached hydrogens (primary N) is 1. The van der Waals surface area contributed by atoms with Crippen molar-refractivity contribution in [1.82, 2.24) is 10.0 Å². The van der Waals surface area contributed by atoms with E-state index in [1.807, 2.05) is 18.6 Å². The maximum Gasteiger partial charge on any atom is 0.328 e. The Labute approximate surface area is 131 Å². The Balaban J connectivity index is 0.000000626. The summed E-state index contributed by atoms with van der Waals surface area (Å²) in [6.07, 6.45) is 2.21. The lowest BCUT2D eigenvalue weighted by Gasteiger charge is -2.06. The number of primary amides is 1. The van der Waals surface area contributed by atoms with Crippen LogP contribution in [-0.4, -0.2) is 27.4 Å². The number of carbonyl (C=O) groups is 2. The zero-order valence-corrected chi connectivity index (χ0v) is 13.9. The molecule has 0 spiro atoms. The third-order valence-electron chi connectivity index (χ3n) is 2.59. The Morgan fingerprint density at radius 1 is 1.14 bits per heavy atom. The molecule has 0 saturated heterocycles. The van der Waals surface area contributed by atoms with E-state index in [1.54, 1.807) is 12.1 Å². The third kappa shape index (κ3) is 7.63. The van der Waals surface area contributed by atoms with E-state index < -0.39 is 16.1 Å². The van der Waals surface area contributed by atoms with Gasteiger partial charge in [0.05, 0.1) is 4.90 Å². The van der Waals surface area contributed by atoms with E-state index in [4.69, 9.17) is 5.73 Å². The molecule has 4 N–H and O–H groups in total. The quantitative estimate of drug-likeness (QED) is 0.750. The number of benzene rings is 1. The van der Waals surface area contributed by atoms with Crippen LogP contribution in [0.15, 0.2) is 29.2 Å². The smallest absolute Gasteiger partial charge is 0.328 e. The van der Waals surface area contributed by atoms with Gasteiger partial charge in [0.15, 0.2) is 0 Å². The molecule has 0 saturated carbocycles. The molecule has 7 nitrogen and oxygen atoms in total. The fraction of sp³-hybridized carbons (Fsp3) is 0.429. The fourth-order valence-electron chi connectivity index (χ4n) is 1.38. The number of carbonyl (C=O) groups excluding carboxylic acids is 2. The lowest BCUT2D eigenvalue weighted by atomic mass is 10.2. The molecule has 0 aromatic heterocycles. The average Bonchev–Trinajstić information content (AvgIpc) is 2.47. The Hall–Kier alpha value is -2.09. The Morgan fingerprint density at radius 2 is 1.68 bits per heavy atom. The first kappa shape index (κ1) is 19.9. The predicted molar refractivity (Wildman–Crippen MR) is 84.7 cm³/mol. The van der Waals surface area contributed by atoms with E-state index in [9.17, 15) is 18.0 Å². The molecule has 0 aliphatic carbocycles. The zero-order valence-electron chi connectivity index (χ0n) is 13.0. The lowest BCUT2D eigenvalue weighted by Crippen LogP contribution is -2.37. The minimum absolute atomic E-state index is 0.0771. The van der Waals surface area contributed by atoms with E-state index in [0.29, 0.717) is 6.42 Å². The number of hydrogen-bond acceptors (Lipinski definition) is 4. The number of urea groups is 1. The highest BCUT2D eigenvalue weighted by molar-refractivity contribution is 7.90. The highest BCUT2D eigenvalue weighted by Crippen LogP contribution is 2.10. The van der Waals surface area contributed by atoms with Gasteiger partial charge in [-0.1, -0.05) is 26.0 Å². The van der Waals surface area contributed by atoms with Gasteiger partial charge in [-0.25, -0.2) is 17.9 Å². The molecule has 124 valence electrons. The van der Waals surface area contributed by atoms with Crippen molar-refractivity contribution in [3.63, 3.8) is 0 Å². The van der Waals surface area contributed by atoms with Crippen LogP contribution in [0.5, 0.6) is 0 Å². The Morgan fingerprint density at radius 3 is 2.00 bits per heavy atom. The van der Waals surface area contributed by atoms with Crippen LogP contribution in [0.25, 0.3) is 0 Å². The van der Waals surface area contributed by atoms with E-state index in [1.165, 1.54) is 19.2 Å². The summed E-state index contributed by atoms with van der Waals surface area (Å²) in [4.78, 5) is 20.8. The summed E-state index contributed by atoms with van der Waals surface area (Å²) < 4.78 is 25.1. The molecule has 0 bridgehead atoms. The summed E-state index contributed by atoms with van der Waals surface area (Å²) in [5.41, 5.74) is 5.80. The second-order valence-electron chi connectivity index (χ2n) is 4.40. The van der Waals surface area contributed by atoms with Gasteiger partial charge in [0.1, 0.15) is 0 Å². The van der Waals surface area contributed by atoms with Gasteiger partial charge in [-0.15, -0.1) is 0 Å². The molecule has 0 radical (unpaired) electrons. The van der Waals surface area contributed by atoms with Crippen LogP contribution >= 0.6 is 0 Å². The molecule has 0 unspecified atom stereocenters. The van der Waals surface area contributed by atoms with Gasteiger partial charge in [-0.05, 0) is 30.5 Å². The van der Waals surface area contributed by atoms with Crippen molar-refractivity contribution in [2.45, 2.75) is 38.0 Å². The van der Waals surface area contributed by atoms with Gasteiger partial charge in [-0.3, -0.25) is 4.79 Å². The molecule has 1 aromatic carbocycles. The summed E-state index contributed by atoms with van der Waals surface area (Å²) in [5, 5.41) is 2.18. The van der Waals surface area contributed by atoms with Gasteiger partial charge >= 0.3 is 6.03 Å². The Bertz CT molecular complexity index is 583. The van der Waals surface area contributed by atoms with Crippen LogP contribution in [0.2, 0.25) is 0 Å². The van der Waals surface area contributed by atoms with Crippen LogP contribution in [0.1, 0.15) is 32.3 Å². The highest BCUT2D eigenvalue weighted by Gasteiger charge is 2.16. The number of aryl methyl sites for hydroxylation is 1. The van der Waals surface area contributed by atoms with Crippen LogP contribution in [-0.2, 0) is 21.2 Å². The van der Waals surface area contributed by atoms with Crippen molar-refractivity contribution in [1.29, 1.82) is 0 Å². The van der Waals surface area contributed by atoms with E-state index in [2.05, 4.69) is 5.32 Å². The maximum absolute atomic E-state index is 11.6. The van der Waals surface area contributed by atoms with Crippen molar-refractivity contribution >= 4 is 22.0 Å². The van der Waals surface area contributed by atoms with Crippen LogP contribution in [0, 0.1) is 0 Å². The number of sulfonamides is 1. The molecule has 0 aliphatic heterocycles. The van der Waals surface area contributed by atoms with Crippen LogP contribution in [0.4, 0.5) is 4.79 Å². The zero-order chi connectivity index (χ0) is 17.2. The normalized spacial score (nSPS) is 10.1. The van der Waals surface area contributed by atoms with Gasteiger partial charge < -0.3 is 11.1 Å². The standard InChI is InChI=1S/C10H14N2O3S.C4H9NO/c1-3-8-4-6-9(7-5-8)16(14,15)12-10(13)11-2;1-2-3-4(5)6/h4-7H,3H2,1-2H3,(H2,11,12,13);2-3H2,1H3,(H2,5,6). The molecule has 22 heavy (non-hydrogen) atoms. The lowest BCUT2D eigenvalue weighted by molar-refractivity contribution is -0.118.